The van der Waals surface area contributed by atoms with Gasteiger partial charge in [-0.1, -0.05) is 243 Å². The average molecular weight is 966 g/mol. The maximum atomic E-state index is 12.3. The first kappa shape index (κ1) is 65.8. The molecule has 0 rings (SSSR count). The smallest absolute Gasteiger partial charge is 0.306 e. The number of allylic oxidation sites excluding steroid dienone is 24. The number of hydrogen-bond acceptors (Lipinski definition) is 5. The van der Waals surface area contributed by atoms with Crippen molar-refractivity contribution in [3.05, 3.63) is 146 Å². The molecule has 0 fully saturated rings. The molecule has 0 saturated heterocycles. The van der Waals surface area contributed by atoms with Gasteiger partial charge < -0.3 is 14.6 Å². The lowest BCUT2D eigenvalue weighted by molar-refractivity contribution is -0.161. The van der Waals surface area contributed by atoms with Crippen molar-refractivity contribution in [1.82, 2.24) is 0 Å². The monoisotopic (exact) mass is 965 g/mol. The molecule has 0 bridgehead atoms. The van der Waals surface area contributed by atoms with E-state index in [9.17, 15) is 14.7 Å². The first-order chi connectivity index (χ1) is 34.6. The van der Waals surface area contributed by atoms with Crippen LogP contribution < -0.4 is 0 Å². The van der Waals surface area contributed by atoms with Crippen LogP contribution in [0.4, 0.5) is 0 Å². The summed E-state index contributed by atoms with van der Waals surface area (Å²) in [5, 5.41) is 9.65. The summed E-state index contributed by atoms with van der Waals surface area (Å²) >= 11 is 0. The molecule has 0 aliphatic carbocycles. The third-order valence-electron chi connectivity index (χ3n) is 11.6. The van der Waals surface area contributed by atoms with E-state index >= 15 is 0 Å². The minimum atomic E-state index is -0.798. The van der Waals surface area contributed by atoms with E-state index in [-0.39, 0.29) is 25.2 Å². The SMILES string of the molecule is CC/C=C\C/C=C\C/C=C\C/C=C\C/C=C\C/C=C\C/C=C\C/C=C\C/C=C\CCCCCCCC(=O)OC(CO)COC(=O)CCCCCCCCCC/C=C\C/C=C\C/C=C\CCCCCCC. The molecular formula is C65H104O5. The van der Waals surface area contributed by atoms with Crippen LogP contribution in [-0.2, 0) is 19.1 Å². The molecule has 0 saturated carbocycles. The molecule has 1 unspecified atom stereocenters. The minimum absolute atomic E-state index is 0.0873. The Labute approximate surface area is 431 Å². The van der Waals surface area contributed by atoms with Crippen molar-refractivity contribution in [1.29, 1.82) is 0 Å². The van der Waals surface area contributed by atoms with Crippen molar-refractivity contribution < 1.29 is 24.2 Å². The fourth-order valence-corrected chi connectivity index (χ4v) is 7.38. The van der Waals surface area contributed by atoms with E-state index in [2.05, 4.69) is 160 Å². The largest absolute Gasteiger partial charge is 0.462 e. The van der Waals surface area contributed by atoms with E-state index in [1.165, 1.54) is 70.6 Å². The van der Waals surface area contributed by atoms with Crippen LogP contribution in [0.2, 0.25) is 0 Å². The number of unbranched alkanes of at least 4 members (excludes halogenated alkanes) is 18. The Kier molecular flexibility index (Phi) is 55.5. The topological polar surface area (TPSA) is 72.8 Å². The van der Waals surface area contributed by atoms with Crippen molar-refractivity contribution in [2.75, 3.05) is 13.2 Å². The first-order valence-corrected chi connectivity index (χ1v) is 28.4. The Hall–Kier alpha value is -4.22. The summed E-state index contributed by atoms with van der Waals surface area (Å²) in [6, 6.07) is 0. The second-order valence-corrected chi connectivity index (χ2v) is 18.3. The van der Waals surface area contributed by atoms with Gasteiger partial charge in [-0.2, -0.15) is 0 Å². The standard InChI is InChI=1S/C65H104O5/c1-3-5-7-9-11-13-15-17-19-21-23-25-27-28-29-30-31-32-33-34-35-36-38-40-42-44-46-48-50-52-54-56-58-60-65(68)70-63(61-66)62-69-64(67)59-57-55-53-51-49-47-45-43-41-39-37-26-24-22-20-18-16-14-12-10-8-6-4-2/h5,7,11,13,16-19,22-25,28-29,31-32,34-35,37-40,44,46,63,66H,3-4,6,8-10,12,14-15,20-21,26-27,30,33,36,41-43,45,47-62H2,1-2H3/b7-5-,13-11-,18-16-,19-17-,24-22-,25-23-,29-28-,32-31-,35-34-,39-37-,40-38-,46-44-. The van der Waals surface area contributed by atoms with Gasteiger partial charge in [-0.3, -0.25) is 9.59 Å². The third kappa shape index (κ3) is 56.4. The minimum Gasteiger partial charge on any atom is -0.462 e. The van der Waals surface area contributed by atoms with Crippen LogP contribution in [0.1, 0.15) is 232 Å². The van der Waals surface area contributed by atoms with Crippen LogP contribution in [0.15, 0.2) is 146 Å². The second kappa shape index (κ2) is 59.1. The summed E-state index contributed by atoms with van der Waals surface area (Å²) in [4.78, 5) is 24.5. The van der Waals surface area contributed by atoms with Gasteiger partial charge >= 0.3 is 11.9 Å². The lowest BCUT2D eigenvalue weighted by Crippen LogP contribution is -2.28. The predicted octanol–water partition coefficient (Wildman–Crippen LogP) is 19.4. The summed E-state index contributed by atoms with van der Waals surface area (Å²) < 4.78 is 10.7. The molecule has 0 amide bonds. The molecular weight excluding hydrogens is 861 g/mol. The second-order valence-electron chi connectivity index (χ2n) is 18.3. The molecule has 0 aromatic carbocycles. The molecule has 1 N–H and O–H groups in total. The van der Waals surface area contributed by atoms with E-state index in [1.54, 1.807) is 0 Å². The molecule has 0 aliphatic rings. The number of esters is 2. The van der Waals surface area contributed by atoms with Crippen molar-refractivity contribution in [2.45, 2.75) is 238 Å². The van der Waals surface area contributed by atoms with Crippen LogP contribution >= 0.6 is 0 Å². The average Bonchev–Trinajstić information content (AvgIpc) is 3.36. The highest BCUT2D eigenvalue weighted by Crippen LogP contribution is 2.13. The first-order valence-electron chi connectivity index (χ1n) is 28.4. The van der Waals surface area contributed by atoms with Gasteiger partial charge in [-0.25, -0.2) is 0 Å². The van der Waals surface area contributed by atoms with Gasteiger partial charge in [0.2, 0.25) is 0 Å². The van der Waals surface area contributed by atoms with Crippen molar-refractivity contribution in [3.63, 3.8) is 0 Å². The lowest BCUT2D eigenvalue weighted by Gasteiger charge is -2.15. The zero-order valence-corrected chi connectivity index (χ0v) is 45.0. The van der Waals surface area contributed by atoms with E-state index < -0.39 is 6.10 Å². The maximum Gasteiger partial charge on any atom is 0.306 e. The summed E-state index contributed by atoms with van der Waals surface area (Å²) in [5.41, 5.74) is 0. The van der Waals surface area contributed by atoms with Crippen molar-refractivity contribution in [2.24, 2.45) is 0 Å². The van der Waals surface area contributed by atoms with E-state index in [0.717, 1.165) is 135 Å². The molecule has 70 heavy (non-hydrogen) atoms. The lowest BCUT2D eigenvalue weighted by atomic mass is 10.1. The highest BCUT2D eigenvalue weighted by molar-refractivity contribution is 5.70. The molecule has 0 aromatic rings. The Morgan fingerprint density at radius 2 is 0.614 bits per heavy atom. The van der Waals surface area contributed by atoms with Gasteiger partial charge in [0.05, 0.1) is 6.61 Å². The molecule has 5 nitrogen and oxygen atoms in total. The van der Waals surface area contributed by atoms with E-state index in [0.29, 0.717) is 12.8 Å². The van der Waals surface area contributed by atoms with Gasteiger partial charge in [0, 0.05) is 12.8 Å². The number of aliphatic hydroxyl groups is 1. The van der Waals surface area contributed by atoms with Crippen LogP contribution in [0.5, 0.6) is 0 Å². The summed E-state index contributed by atoms with van der Waals surface area (Å²) in [7, 11) is 0. The van der Waals surface area contributed by atoms with Crippen molar-refractivity contribution in [3.8, 4) is 0 Å². The number of aliphatic hydroxyl groups excluding tert-OH is 1. The highest BCUT2D eigenvalue weighted by atomic mass is 16.6. The molecule has 0 aromatic heterocycles. The Balaban J connectivity index is 3.65. The molecule has 394 valence electrons. The van der Waals surface area contributed by atoms with Gasteiger partial charge in [0.1, 0.15) is 6.61 Å². The Bertz CT molecular complexity index is 1510. The number of rotatable bonds is 50. The summed E-state index contributed by atoms with van der Waals surface area (Å²) in [6.45, 7) is 3.99. The summed E-state index contributed by atoms with van der Waals surface area (Å²) in [6.07, 6.45) is 89.5. The predicted molar refractivity (Wildman–Crippen MR) is 306 cm³/mol. The van der Waals surface area contributed by atoms with Crippen LogP contribution in [-0.4, -0.2) is 36.4 Å². The number of carbonyl (C=O) groups excluding carboxylic acids is 2. The van der Waals surface area contributed by atoms with E-state index in [4.69, 9.17) is 9.47 Å². The summed E-state index contributed by atoms with van der Waals surface area (Å²) in [5.74, 6) is -0.630. The fraction of sp³-hybridized carbons (Fsp3) is 0.600. The number of carbonyl (C=O) groups is 2. The molecule has 5 heteroatoms. The van der Waals surface area contributed by atoms with Crippen LogP contribution in [0, 0.1) is 0 Å². The number of ether oxygens (including phenoxy) is 2. The maximum absolute atomic E-state index is 12.3. The molecule has 0 heterocycles. The normalized spacial score (nSPS) is 13.4. The molecule has 0 aliphatic heterocycles. The molecule has 1 atom stereocenters. The molecule has 0 radical (unpaired) electrons. The van der Waals surface area contributed by atoms with Gasteiger partial charge in [0.25, 0.3) is 0 Å². The molecule has 0 spiro atoms. The van der Waals surface area contributed by atoms with Crippen LogP contribution in [0.3, 0.4) is 0 Å². The highest BCUT2D eigenvalue weighted by Gasteiger charge is 2.16. The zero-order chi connectivity index (χ0) is 50.6. The van der Waals surface area contributed by atoms with Crippen LogP contribution in [0.25, 0.3) is 0 Å². The quantitative estimate of drug-likeness (QED) is 0.0374. The Morgan fingerprint density at radius 1 is 0.343 bits per heavy atom. The Morgan fingerprint density at radius 3 is 0.929 bits per heavy atom. The zero-order valence-electron chi connectivity index (χ0n) is 45.0. The van der Waals surface area contributed by atoms with Gasteiger partial charge in [0.15, 0.2) is 6.10 Å². The van der Waals surface area contributed by atoms with E-state index in [1.807, 2.05) is 0 Å². The number of hydrogen-bond donors (Lipinski definition) is 1. The van der Waals surface area contributed by atoms with Gasteiger partial charge in [-0.05, 0) is 122 Å². The third-order valence-corrected chi connectivity index (χ3v) is 11.6. The van der Waals surface area contributed by atoms with Gasteiger partial charge in [-0.15, -0.1) is 0 Å². The van der Waals surface area contributed by atoms with Crippen molar-refractivity contribution >= 4 is 11.9 Å². The fourth-order valence-electron chi connectivity index (χ4n) is 7.38.